The van der Waals surface area contributed by atoms with Crippen molar-refractivity contribution in [2.45, 2.75) is 66.8 Å². The summed E-state index contributed by atoms with van der Waals surface area (Å²) < 4.78 is 0. The summed E-state index contributed by atoms with van der Waals surface area (Å²) in [6, 6.07) is 0.880. The Bertz CT molecular complexity index is 101. The normalized spacial score (nSPS) is 22.9. The van der Waals surface area contributed by atoms with Crippen molar-refractivity contribution in [2.75, 3.05) is 13.6 Å². The Morgan fingerprint density at radius 3 is 2.00 bits per heavy atom. The summed E-state index contributed by atoms with van der Waals surface area (Å²) in [5.41, 5.74) is 0. The third-order valence-corrected chi connectivity index (χ3v) is 2.88. The zero-order valence-electron chi connectivity index (χ0n) is 11.4. The molecule has 0 amide bonds. The minimum absolute atomic E-state index is 0.880. The van der Waals surface area contributed by atoms with E-state index in [1.165, 1.54) is 25.8 Å². The fourth-order valence-corrected chi connectivity index (χ4v) is 1.93. The van der Waals surface area contributed by atoms with Crippen molar-refractivity contribution in [3.63, 3.8) is 0 Å². The molecule has 0 spiro atoms. The molecule has 1 fully saturated rings. The van der Waals surface area contributed by atoms with E-state index in [-0.39, 0.29) is 0 Å². The standard InChI is InChI=1S/C9H19N.2C2H6/c1-4-8(2)9-6-5-7-10(9)3;2*1-2/h8-9H,4-7H2,1-3H3;2*1-2H3. The SMILES string of the molecule is CC.CC.CCC(C)C1CCCN1C. The summed E-state index contributed by atoms with van der Waals surface area (Å²) in [7, 11) is 2.25. The van der Waals surface area contributed by atoms with Gasteiger partial charge in [0.05, 0.1) is 0 Å². The maximum Gasteiger partial charge on any atom is 0.0118 e. The molecule has 2 atom stereocenters. The molecule has 0 aromatic heterocycles. The molecular weight excluding hydrogens is 170 g/mol. The summed E-state index contributed by atoms with van der Waals surface area (Å²) in [5, 5.41) is 0. The van der Waals surface area contributed by atoms with E-state index in [1.54, 1.807) is 0 Å². The fraction of sp³-hybridized carbons (Fsp3) is 1.00. The Morgan fingerprint density at radius 2 is 1.71 bits per heavy atom. The molecule has 1 heterocycles. The Kier molecular flexibility index (Phi) is 12.9. The molecule has 1 heteroatoms. The van der Waals surface area contributed by atoms with Crippen molar-refractivity contribution in [1.29, 1.82) is 0 Å². The topological polar surface area (TPSA) is 3.24 Å². The van der Waals surface area contributed by atoms with Crippen molar-refractivity contribution in [2.24, 2.45) is 5.92 Å². The quantitative estimate of drug-likeness (QED) is 0.648. The molecule has 1 aliphatic rings. The molecule has 0 aromatic carbocycles. The van der Waals surface area contributed by atoms with Gasteiger partial charge < -0.3 is 4.90 Å². The molecule has 0 aliphatic carbocycles. The Labute approximate surface area is 91.9 Å². The second-order valence-electron chi connectivity index (χ2n) is 3.58. The fourth-order valence-electron chi connectivity index (χ4n) is 1.93. The molecule has 1 saturated heterocycles. The Morgan fingerprint density at radius 1 is 1.21 bits per heavy atom. The number of hydrogen-bond donors (Lipinski definition) is 0. The van der Waals surface area contributed by atoms with Gasteiger partial charge in [-0.2, -0.15) is 0 Å². The zero-order chi connectivity index (χ0) is 11.6. The van der Waals surface area contributed by atoms with Crippen LogP contribution in [0.25, 0.3) is 0 Å². The maximum atomic E-state index is 2.51. The largest absolute Gasteiger partial charge is 0.303 e. The van der Waals surface area contributed by atoms with Gasteiger partial charge in [0.25, 0.3) is 0 Å². The molecule has 0 bridgehead atoms. The van der Waals surface area contributed by atoms with Gasteiger partial charge in [0, 0.05) is 6.04 Å². The molecule has 1 rings (SSSR count). The molecule has 14 heavy (non-hydrogen) atoms. The summed E-state index contributed by atoms with van der Waals surface area (Å²) in [6.45, 7) is 14.0. The van der Waals surface area contributed by atoms with Gasteiger partial charge in [0.15, 0.2) is 0 Å². The highest BCUT2D eigenvalue weighted by Gasteiger charge is 2.24. The van der Waals surface area contributed by atoms with Gasteiger partial charge in [0.2, 0.25) is 0 Å². The minimum Gasteiger partial charge on any atom is -0.303 e. The first kappa shape index (κ1) is 16.4. The van der Waals surface area contributed by atoms with E-state index in [0.29, 0.717) is 0 Å². The van der Waals surface area contributed by atoms with Crippen LogP contribution >= 0.6 is 0 Å². The minimum atomic E-state index is 0.880. The highest BCUT2D eigenvalue weighted by atomic mass is 15.1. The van der Waals surface area contributed by atoms with Gasteiger partial charge in [-0.15, -0.1) is 0 Å². The van der Waals surface area contributed by atoms with Crippen molar-refractivity contribution in [1.82, 2.24) is 4.90 Å². The average molecular weight is 201 g/mol. The first-order valence-corrected chi connectivity index (χ1v) is 6.46. The van der Waals surface area contributed by atoms with Gasteiger partial charge in [-0.1, -0.05) is 48.0 Å². The maximum absolute atomic E-state index is 2.51. The van der Waals surface area contributed by atoms with Gasteiger partial charge >= 0.3 is 0 Å². The van der Waals surface area contributed by atoms with Gasteiger partial charge in [-0.25, -0.2) is 0 Å². The molecule has 88 valence electrons. The van der Waals surface area contributed by atoms with Crippen molar-refractivity contribution in [3.05, 3.63) is 0 Å². The predicted molar refractivity (Wildman–Crippen MR) is 67.8 cm³/mol. The Hall–Kier alpha value is -0.0400. The lowest BCUT2D eigenvalue weighted by atomic mass is 9.97. The summed E-state index contributed by atoms with van der Waals surface area (Å²) in [5.74, 6) is 0.896. The van der Waals surface area contributed by atoms with E-state index in [4.69, 9.17) is 0 Å². The number of hydrogen-bond acceptors (Lipinski definition) is 1. The van der Waals surface area contributed by atoms with Crippen LogP contribution in [0.2, 0.25) is 0 Å². The smallest absolute Gasteiger partial charge is 0.0118 e. The molecule has 0 N–H and O–H groups in total. The zero-order valence-corrected chi connectivity index (χ0v) is 11.4. The predicted octanol–water partition coefficient (Wildman–Crippen LogP) is 4.18. The molecule has 0 saturated carbocycles. The van der Waals surface area contributed by atoms with E-state index < -0.39 is 0 Å². The number of rotatable bonds is 2. The van der Waals surface area contributed by atoms with E-state index >= 15 is 0 Å². The summed E-state index contributed by atoms with van der Waals surface area (Å²) >= 11 is 0. The van der Waals surface area contributed by atoms with E-state index in [1.807, 2.05) is 27.7 Å². The van der Waals surface area contributed by atoms with Crippen LogP contribution in [0.15, 0.2) is 0 Å². The lowest BCUT2D eigenvalue weighted by Gasteiger charge is -2.24. The van der Waals surface area contributed by atoms with Crippen LogP contribution in [0.1, 0.15) is 60.8 Å². The lowest BCUT2D eigenvalue weighted by molar-refractivity contribution is 0.234. The van der Waals surface area contributed by atoms with E-state index in [0.717, 1.165) is 12.0 Å². The molecule has 1 nitrogen and oxygen atoms in total. The second kappa shape index (κ2) is 11.0. The van der Waals surface area contributed by atoms with E-state index in [9.17, 15) is 0 Å². The molecule has 0 radical (unpaired) electrons. The van der Waals surface area contributed by atoms with E-state index in [2.05, 4.69) is 25.8 Å². The molecule has 1 aliphatic heterocycles. The van der Waals surface area contributed by atoms with Crippen LogP contribution < -0.4 is 0 Å². The van der Waals surface area contributed by atoms with Crippen molar-refractivity contribution < 1.29 is 0 Å². The van der Waals surface area contributed by atoms with Gasteiger partial charge in [-0.3, -0.25) is 0 Å². The van der Waals surface area contributed by atoms with Crippen molar-refractivity contribution >= 4 is 0 Å². The Balaban J connectivity index is 0. The van der Waals surface area contributed by atoms with Crippen LogP contribution in [0, 0.1) is 5.92 Å². The monoisotopic (exact) mass is 201 g/mol. The lowest BCUT2D eigenvalue weighted by Crippen LogP contribution is -2.30. The third-order valence-electron chi connectivity index (χ3n) is 2.88. The summed E-state index contributed by atoms with van der Waals surface area (Å²) in [4.78, 5) is 2.51. The molecule has 2 unspecified atom stereocenters. The van der Waals surface area contributed by atoms with Crippen LogP contribution in [0.4, 0.5) is 0 Å². The highest BCUT2D eigenvalue weighted by Crippen LogP contribution is 2.23. The van der Waals surface area contributed by atoms with Gasteiger partial charge in [0.1, 0.15) is 0 Å². The number of likely N-dealkylation sites (tertiary alicyclic amines) is 1. The highest BCUT2D eigenvalue weighted by molar-refractivity contribution is 4.79. The third kappa shape index (κ3) is 5.64. The first-order valence-electron chi connectivity index (χ1n) is 6.46. The number of nitrogens with zero attached hydrogens (tertiary/aromatic N) is 1. The second-order valence-corrected chi connectivity index (χ2v) is 3.58. The summed E-state index contributed by atoms with van der Waals surface area (Å²) in [6.07, 6.45) is 4.16. The van der Waals surface area contributed by atoms with Crippen LogP contribution in [-0.4, -0.2) is 24.5 Å². The van der Waals surface area contributed by atoms with Crippen molar-refractivity contribution in [3.8, 4) is 0 Å². The first-order chi connectivity index (χ1) is 6.75. The average Bonchev–Trinajstić information content (AvgIpc) is 2.69. The van der Waals surface area contributed by atoms with Crippen LogP contribution in [-0.2, 0) is 0 Å². The molecular formula is C13H31N. The molecule has 0 aromatic rings. The van der Waals surface area contributed by atoms with Crippen LogP contribution in [0.3, 0.4) is 0 Å². The van der Waals surface area contributed by atoms with Crippen LogP contribution in [0.5, 0.6) is 0 Å². The van der Waals surface area contributed by atoms with Gasteiger partial charge in [-0.05, 0) is 32.4 Å².